The summed E-state index contributed by atoms with van der Waals surface area (Å²) >= 11 is 1.60. The minimum absolute atomic E-state index is 0.302. The van der Waals surface area contributed by atoms with Crippen LogP contribution in [0.15, 0.2) is 62.7 Å². The Morgan fingerprint density at radius 3 is 2.69 bits per heavy atom. The van der Waals surface area contributed by atoms with Crippen molar-refractivity contribution < 1.29 is 4.42 Å². The maximum absolute atomic E-state index is 10.7. The highest BCUT2D eigenvalue weighted by atomic mass is 32.1. The van der Waals surface area contributed by atoms with Crippen LogP contribution in [0.5, 0.6) is 0 Å². The van der Waals surface area contributed by atoms with Gasteiger partial charge in [-0.2, -0.15) is 0 Å². The van der Waals surface area contributed by atoms with Gasteiger partial charge in [-0.3, -0.25) is 4.98 Å². The number of nitrogens with zero attached hydrogens (tertiary/aromatic N) is 1. The third-order valence-electron chi connectivity index (χ3n) is 1.88. The van der Waals surface area contributed by atoms with Crippen LogP contribution in [-0.4, -0.2) is 4.98 Å². The van der Waals surface area contributed by atoms with Crippen LogP contribution < -0.4 is 5.63 Å². The van der Waals surface area contributed by atoms with E-state index in [1.165, 1.54) is 6.07 Å². The van der Waals surface area contributed by atoms with Gasteiger partial charge in [0.05, 0.1) is 5.51 Å². The molecule has 80 valence electrons. The lowest BCUT2D eigenvalue weighted by Crippen LogP contribution is -1.93. The summed E-state index contributed by atoms with van der Waals surface area (Å²) in [7, 11) is 0. The lowest BCUT2D eigenvalue weighted by Gasteiger charge is -1.91. The first kappa shape index (κ1) is 10.6. The van der Waals surface area contributed by atoms with E-state index < -0.39 is 0 Å². The molecule has 0 unspecified atom stereocenters. The summed E-state index contributed by atoms with van der Waals surface area (Å²) in [5, 5.41) is 2.88. The number of para-hydroxylation sites is 1. The minimum Gasteiger partial charge on any atom is -0.423 e. The van der Waals surface area contributed by atoms with Crippen LogP contribution in [0.1, 0.15) is 0 Å². The number of hydrogen-bond acceptors (Lipinski definition) is 4. The van der Waals surface area contributed by atoms with Gasteiger partial charge in [-0.1, -0.05) is 18.2 Å². The molecule has 1 aromatic carbocycles. The van der Waals surface area contributed by atoms with E-state index in [1.54, 1.807) is 35.2 Å². The van der Waals surface area contributed by atoms with Gasteiger partial charge in [-0.25, -0.2) is 4.79 Å². The third kappa shape index (κ3) is 2.77. The van der Waals surface area contributed by atoms with Crippen molar-refractivity contribution in [1.82, 2.24) is 4.98 Å². The molecule has 0 atom stereocenters. The van der Waals surface area contributed by atoms with Crippen molar-refractivity contribution in [2.75, 3.05) is 0 Å². The van der Waals surface area contributed by atoms with Crippen molar-refractivity contribution in [3.05, 3.63) is 63.9 Å². The Kier molecular flexibility index (Phi) is 3.46. The maximum atomic E-state index is 10.7. The summed E-state index contributed by atoms with van der Waals surface area (Å²) in [5.41, 5.74) is 2.13. The van der Waals surface area contributed by atoms with Gasteiger partial charge < -0.3 is 4.42 Å². The van der Waals surface area contributed by atoms with Gasteiger partial charge in [0.2, 0.25) is 0 Å². The third-order valence-corrected chi connectivity index (χ3v) is 2.40. The molecule has 3 rings (SSSR count). The van der Waals surface area contributed by atoms with Crippen LogP contribution in [0.3, 0.4) is 0 Å². The number of fused-ring (bicyclic) bond motifs is 1. The Labute approximate surface area is 96.0 Å². The Morgan fingerprint density at radius 2 is 2.00 bits per heavy atom. The molecule has 0 amide bonds. The van der Waals surface area contributed by atoms with Gasteiger partial charge in [0, 0.05) is 23.0 Å². The van der Waals surface area contributed by atoms with Crippen molar-refractivity contribution >= 4 is 22.3 Å². The van der Waals surface area contributed by atoms with Crippen LogP contribution in [0.4, 0.5) is 0 Å². The molecule has 0 aliphatic carbocycles. The lowest BCUT2D eigenvalue weighted by atomic mass is 10.2. The van der Waals surface area contributed by atoms with Gasteiger partial charge in [0.1, 0.15) is 5.58 Å². The molecule has 3 aromatic rings. The first-order valence-electron chi connectivity index (χ1n) is 4.67. The topological polar surface area (TPSA) is 43.1 Å². The molecule has 0 aliphatic heterocycles. The molecule has 0 saturated heterocycles. The smallest absolute Gasteiger partial charge is 0.336 e. The van der Waals surface area contributed by atoms with Crippen LogP contribution in [-0.2, 0) is 0 Å². The van der Waals surface area contributed by atoms with E-state index >= 15 is 0 Å². The standard InChI is InChI=1S/C9H6O2.C3H3NS/c10-9-6-5-7-3-1-2-4-8(7)11-9;1-2-5-3-4-1/h1-6H;1-3H. The zero-order chi connectivity index (χ0) is 11.2. The molecule has 2 heterocycles. The summed E-state index contributed by atoms with van der Waals surface area (Å²) in [4.78, 5) is 14.5. The number of hydrogen-bond donors (Lipinski definition) is 0. The SMILES string of the molecule is O=c1ccc2ccccc2o1.c1cscn1. The van der Waals surface area contributed by atoms with Gasteiger partial charge in [0.15, 0.2) is 0 Å². The summed E-state index contributed by atoms with van der Waals surface area (Å²) in [6, 6.07) is 10.6. The van der Waals surface area contributed by atoms with Gasteiger partial charge >= 0.3 is 5.63 Å². The monoisotopic (exact) mass is 231 g/mol. The van der Waals surface area contributed by atoms with Gasteiger partial charge in [0.25, 0.3) is 0 Å². The highest BCUT2D eigenvalue weighted by Gasteiger charge is 1.92. The average molecular weight is 231 g/mol. The van der Waals surface area contributed by atoms with Crippen LogP contribution in [0, 0.1) is 0 Å². The first-order chi connectivity index (χ1) is 7.86. The fraction of sp³-hybridized carbons (Fsp3) is 0. The van der Waals surface area contributed by atoms with Crippen LogP contribution in [0.25, 0.3) is 11.0 Å². The fourth-order valence-corrected chi connectivity index (χ4v) is 1.54. The maximum Gasteiger partial charge on any atom is 0.336 e. The van der Waals surface area contributed by atoms with Crippen molar-refractivity contribution in [2.24, 2.45) is 0 Å². The van der Waals surface area contributed by atoms with E-state index in [0.29, 0.717) is 5.58 Å². The first-order valence-corrected chi connectivity index (χ1v) is 5.61. The fourth-order valence-electron chi connectivity index (χ4n) is 1.19. The van der Waals surface area contributed by atoms with E-state index in [1.807, 2.05) is 23.6 Å². The molecular formula is C12H9NO2S. The molecule has 0 saturated carbocycles. The predicted octanol–water partition coefficient (Wildman–Crippen LogP) is 2.94. The second kappa shape index (κ2) is 5.23. The Morgan fingerprint density at radius 1 is 1.12 bits per heavy atom. The molecular weight excluding hydrogens is 222 g/mol. The van der Waals surface area contributed by atoms with Crippen molar-refractivity contribution in [3.63, 3.8) is 0 Å². The summed E-state index contributed by atoms with van der Waals surface area (Å²) < 4.78 is 4.91. The molecule has 3 nitrogen and oxygen atoms in total. The molecule has 4 heteroatoms. The van der Waals surface area contributed by atoms with Crippen molar-refractivity contribution in [1.29, 1.82) is 0 Å². The zero-order valence-corrected chi connectivity index (χ0v) is 9.18. The molecule has 0 N–H and O–H groups in total. The molecule has 2 aromatic heterocycles. The average Bonchev–Trinajstić information content (AvgIpc) is 2.87. The number of thiazole rings is 1. The van der Waals surface area contributed by atoms with Crippen LogP contribution in [0.2, 0.25) is 0 Å². The predicted molar refractivity (Wildman–Crippen MR) is 64.6 cm³/mol. The molecule has 0 bridgehead atoms. The molecule has 16 heavy (non-hydrogen) atoms. The van der Waals surface area contributed by atoms with E-state index in [0.717, 1.165) is 5.39 Å². The van der Waals surface area contributed by atoms with E-state index in [9.17, 15) is 4.79 Å². The number of benzene rings is 1. The van der Waals surface area contributed by atoms with Crippen LogP contribution >= 0.6 is 11.3 Å². The Hall–Kier alpha value is -1.94. The number of rotatable bonds is 0. The highest BCUT2D eigenvalue weighted by molar-refractivity contribution is 7.07. The summed E-state index contributed by atoms with van der Waals surface area (Å²) in [5.74, 6) is 0. The summed E-state index contributed by atoms with van der Waals surface area (Å²) in [6.45, 7) is 0. The van der Waals surface area contributed by atoms with Gasteiger partial charge in [-0.05, 0) is 12.1 Å². The molecule has 0 aliphatic rings. The Balaban J connectivity index is 0.000000162. The highest BCUT2D eigenvalue weighted by Crippen LogP contribution is 2.08. The van der Waals surface area contributed by atoms with Crippen molar-refractivity contribution in [3.8, 4) is 0 Å². The zero-order valence-electron chi connectivity index (χ0n) is 8.37. The molecule has 0 spiro atoms. The molecule has 0 fully saturated rings. The largest absolute Gasteiger partial charge is 0.423 e. The quantitative estimate of drug-likeness (QED) is 0.559. The lowest BCUT2D eigenvalue weighted by molar-refractivity contribution is 0.561. The van der Waals surface area contributed by atoms with E-state index in [4.69, 9.17) is 4.42 Å². The van der Waals surface area contributed by atoms with E-state index in [2.05, 4.69) is 4.98 Å². The van der Waals surface area contributed by atoms with E-state index in [-0.39, 0.29) is 5.63 Å². The molecule has 0 radical (unpaired) electrons. The second-order valence-corrected chi connectivity index (χ2v) is 3.72. The summed E-state index contributed by atoms with van der Waals surface area (Å²) in [6.07, 6.45) is 1.77. The van der Waals surface area contributed by atoms with Gasteiger partial charge in [-0.15, -0.1) is 11.3 Å². The van der Waals surface area contributed by atoms with Crippen molar-refractivity contribution in [2.45, 2.75) is 0 Å². The second-order valence-electron chi connectivity index (χ2n) is 2.97. The normalized spacial score (nSPS) is 9.50. The number of aromatic nitrogens is 1. The Bertz CT molecular complexity index is 584. The minimum atomic E-state index is -0.302.